The summed E-state index contributed by atoms with van der Waals surface area (Å²) in [6, 6.07) is 0. The van der Waals surface area contributed by atoms with Crippen LogP contribution in [0.15, 0.2) is 0 Å². The Hall–Kier alpha value is 5.00. The normalized spacial score (nSPS) is 17.5. The molecule has 0 aliphatic carbocycles. The summed E-state index contributed by atoms with van der Waals surface area (Å²) in [5.41, 5.74) is 0. The Morgan fingerprint density at radius 1 is 0.500 bits per heavy atom. The summed E-state index contributed by atoms with van der Waals surface area (Å²) in [4.78, 5) is 60.0. The molecule has 0 aromatic carbocycles. The summed E-state index contributed by atoms with van der Waals surface area (Å²) in [5, 5.41) is 0. The van der Waals surface area contributed by atoms with Crippen molar-refractivity contribution in [3.05, 3.63) is 0 Å². The summed E-state index contributed by atoms with van der Waals surface area (Å²) in [6.45, 7) is 0. The van der Waals surface area contributed by atoms with E-state index < -0.39 is 31.3 Å². The van der Waals surface area contributed by atoms with E-state index in [9.17, 15) is 47.6 Å². The van der Waals surface area contributed by atoms with Gasteiger partial charge in [-0.2, -0.15) is 0 Å². The van der Waals surface area contributed by atoms with Gasteiger partial charge in [0.2, 0.25) is 0 Å². The van der Waals surface area contributed by atoms with Crippen molar-refractivity contribution in [2.24, 2.45) is 0 Å². The van der Waals surface area contributed by atoms with E-state index in [2.05, 4.69) is 12.9 Å². The van der Waals surface area contributed by atoms with E-state index >= 15 is 0 Å². The second kappa shape index (κ2) is 12.4. The molecule has 0 N–H and O–H groups in total. The van der Waals surface area contributed by atoms with Gasteiger partial charge in [0.1, 0.15) is 0 Å². The minimum Gasteiger partial charge on any atom is -0.790 e. The molecule has 0 aromatic heterocycles. The molecule has 104 valence electrons. The fourth-order valence-electron chi connectivity index (χ4n) is 0.397. The Bertz CT molecular complexity index is 414. The Balaban J connectivity index is -0.000000427. The molecule has 0 bridgehead atoms. The summed E-state index contributed by atoms with van der Waals surface area (Å²) in [7, 11) is -24.9. The summed E-state index contributed by atoms with van der Waals surface area (Å²) in [5.74, 6) is 0. The van der Waals surface area contributed by atoms with Gasteiger partial charge in [-0.1, -0.05) is 0 Å². The standard InChI is InChI=1S/H6O13P4.3Sr/c1-14(2,3)11-16(7,8)13-17(9,10)12-15(4,5)6;;;/h(H,7,8)(H,9,10)(H2,1,2,3)(H2,4,5,6);;;/q;3*+2/p-6. The molecule has 0 amide bonds. The zero-order chi connectivity index (χ0) is 14.1. The Kier molecular flexibility index (Phi) is 20.2. The molecule has 0 fully saturated rings. The van der Waals surface area contributed by atoms with E-state index in [1.165, 1.54) is 0 Å². The first-order valence-electron chi connectivity index (χ1n) is 2.92. The van der Waals surface area contributed by atoms with E-state index in [1.807, 2.05) is 0 Å². The minimum absolute atomic E-state index is 0. The van der Waals surface area contributed by atoms with Crippen molar-refractivity contribution in [1.82, 2.24) is 0 Å². The van der Waals surface area contributed by atoms with Gasteiger partial charge < -0.3 is 38.5 Å². The molecule has 0 aromatic rings. The molecule has 0 saturated heterocycles. The number of hydrogen-bond acceptors (Lipinski definition) is 13. The van der Waals surface area contributed by atoms with Gasteiger partial charge in [0, 0.05) is 0 Å². The first kappa shape index (κ1) is 32.7. The topological polar surface area (TPSA) is 234 Å². The summed E-state index contributed by atoms with van der Waals surface area (Å²) < 4.78 is 48.5. The summed E-state index contributed by atoms with van der Waals surface area (Å²) >= 11 is 0. The molecular weight excluding hydrogens is 595 g/mol. The van der Waals surface area contributed by atoms with Crippen molar-refractivity contribution >= 4 is 168 Å². The predicted octanol–water partition coefficient (Wildman–Crippen LogP) is -5.51. The van der Waals surface area contributed by atoms with Crippen LogP contribution in [0.25, 0.3) is 0 Å². The molecule has 0 rings (SSSR count). The van der Waals surface area contributed by atoms with Crippen LogP contribution in [-0.2, 0) is 31.2 Å². The van der Waals surface area contributed by atoms with E-state index in [4.69, 9.17) is 0 Å². The van der Waals surface area contributed by atoms with Crippen LogP contribution < -0.4 is 29.4 Å². The van der Waals surface area contributed by atoms with E-state index in [-0.39, 0.29) is 136 Å². The van der Waals surface area contributed by atoms with Gasteiger partial charge in [-0.3, -0.25) is 17.8 Å². The first-order valence-corrected chi connectivity index (χ1v) is 8.76. The van der Waals surface area contributed by atoms with Crippen LogP contribution in [0.1, 0.15) is 0 Å². The first-order chi connectivity index (χ1) is 7.12. The van der Waals surface area contributed by atoms with Crippen molar-refractivity contribution in [1.29, 1.82) is 0 Å². The monoisotopic (exact) mass is 596 g/mol. The molecule has 0 spiro atoms. The molecule has 0 radical (unpaired) electrons. The Labute approximate surface area is 223 Å². The van der Waals surface area contributed by atoms with Gasteiger partial charge in [-0.05, 0) is 0 Å². The average molecular weight is 595 g/mol. The third-order valence-electron chi connectivity index (χ3n) is 0.600. The summed E-state index contributed by atoms with van der Waals surface area (Å²) in [6.07, 6.45) is 0. The number of phosphoric acid groups is 4. The van der Waals surface area contributed by atoms with Gasteiger partial charge in [0.05, 0.1) is 15.6 Å². The van der Waals surface area contributed by atoms with Crippen molar-refractivity contribution in [2.45, 2.75) is 0 Å². The minimum atomic E-state index is -6.26. The molecule has 0 saturated carbocycles. The van der Waals surface area contributed by atoms with Crippen LogP contribution in [0.2, 0.25) is 0 Å². The van der Waals surface area contributed by atoms with Gasteiger partial charge in [-0.15, -0.1) is 0 Å². The predicted molar refractivity (Wildman–Crippen MR) is 50.9 cm³/mol. The van der Waals surface area contributed by atoms with E-state index in [0.29, 0.717) is 0 Å². The van der Waals surface area contributed by atoms with Gasteiger partial charge in [0.15, 0.2) is 0 Å². The second-order valence-electron chi connectivity index (χ2n) is 2.03. The molecule has 2 unspecified atom stereocenters. The van der Waals surface area contributed by atoms with Crippen molar-refractivity contribution < 1.29 is 60.6 Å². The fourth-order valence-corrected chi connectivity index (χ4v) is 4.11. The van der Waals surface area contributed by atoms with Crippen LogP contribution >= 0.6 is 31.3 Å². The Morgan fingerprint density at radius 2 is 0.700 bits per heavy atom. The van der Waals surface area contributed by atoms with Crippen LogP contribution in [0.5, 0.6) is 0 Å². The van der Waals surface area contributed by atoms with Crippen LogP contribution in [0.3, 0.4) is 0 Å². The number of rotatable bonds is 6. The molecule has 2 atom stereocenters. The number of hydrogen-bond donors (Lipinski definition) is 0. The maximum Gasteiger partial charge on any atom is 2.00 e. The molecular formula is O13P4Sr3. The Morgan fingerprint density at radius 3 is 0.850 bits per heavy atom. The maximum atomic E-state index is 10.4. The molecule has 0 aliphatic heterocycles. The average Bonchev–Trinajstić information content (AvgIpc) is 1.65. The largest absolute Gasteiger partial charge is 2.00 e. The van der Waals surface area contributed by atoms with Crippen LogP contribution in [0.4, 0.5) is 0 Å². The third-order valence-corrected chi connectivity index (χ3v) is 5.40. The third kappa shape index (κ3) is 21.0. The van der Waals surface area contributed by atoms with Gasteiger partial charge in [-0.25, -0.2) is 4.31 Å². The van der Waals surface area contributed by atoms with Gasteiger partial charge >= 0.3 is 136 Å². The molecule has 13 nitrogen and oxygen atoms in total. The van der Waals surface area contributed by atoms with Gasteiger partial charge in [0.25, 0.3) is 15.6 Å². The van der Waals surface area contributed by atoms with Crippen molar-refractivity contribution in [3.8, 4) is 0 Å². The van der Waals surface area contributed by atoms with E-state index in [0.717, 1.165) is 0 Å². The fraction of sp³-hybridized carbons (Fsp3) is 0. The second-order valence-corrected chi connectivity index (χ2v) is 7.57. The van der Waals surface area contributed by atoms with E-state index in [1.54, 1.807) is 0 Å². The van der Waals surface area contributed by atoms with Crippen LogP contribution in [0, 0.1) is 0 Å². The molecule has 0 heterocycles. The smallest absolute Gasteiger partial charge is 0.790 e. The zero-order valence-corrected chi connectivity index (χ0v) is 23.2. The van der Waals surface area contributed by atoms with Crippen molar-refractivity contribution in [2.75, 3.05) is 0 Å². The van der Waals surface area contributed by atoms with Crippen molar-refractivity contribution in [3.63, 3.8) is 0 Å². The zero-order valence-electron chi connectivity index (χ0n) is 9.22. The van der Waals surface area contributed by atoms with Crippen LogP contribution in [-0.4, -0.2) is 136 Å². The maximum absolute atomic E-state index is 10.4. The quantitative estimate of drug-likeness (QED) is 0.206. The molecule has 0 aliphatic rings. The SMILES string of the molecule is O=P([O-])([O-])OP(=O)([O-])OP(=O)([O-])OP(=O)([O-])[O-].[Sr+2].[Sr+2].[Sr+2]. The molecule has 20 heavy (non-hydrogen) atoms. The molecule has 20 heteroatoms.